The minimum Gasteiger partial charge on any atom is -0.377 e. The fourth-order valence-corrected chi connectivity index (χ4v) is 4.08. The smallest absolute Gasteiger partial charge is 0.164 e. The van der Waals surface area contributed by atoms with Crippen LogP contribution in [0.1, 0.15) is 6.92 Å². The Morgan fingerprint density at radius 3 is 2.89 bits per heavy atom. The van der Waals surface area contributed by atoms with E-state index in [9.17, 15) is 8.60 Å². The molecule has 0 radical (unpaired) electrons. The molecule has 0 amide bonds. The van der Waals surface area contributed by atoms with Gasteiger partial charge in [-0.1, -0.05) is 0 Å². The normalized spacial score (nSPS) is 17.9. The average molecular weight is 402 g/mol. The molecule has 4 rings (SSSR count). The molecule has 3 aromatic rings. The third-order valence-electron chi connectivity index (χ3n) is 4.72. The van der Waals surface area contributed by atoms with Crippen molar-refractivity contribution in [1.29, 1.82) is 0 Å². The maximum Gasteiger partial charge on any atom is 0.164 e. The first kappa shape index (κ1) is 18.9. The average Bonchev–Trinajstić information content (AvgIpc) is 3.08. The summed E-state index contributed by atoms with van der Waals surface area (Å²) in [5.74, 6) is 0.0410. The number of benzene rings is 1. The van der Waals surface area contributed by atoms with E-state index in [4.69, 9.17) is 4.74 Å². The summed E-state index contributed by atoms with van der Waals surface area (Å²) in [5.41, 5.74) is 2.89. The van der Waals surface area contributed by atoms with Crippen LogP contribution in [0.2, 0.25) is 0 Å². The van der Waals surface area contributed by atoms with Gasteiger partial charge < -0.3 is 14.6 Å². The number of nitrogens with zero attached hydrogens (tertiary/aromatic N) is 3. The number of ether oxygens (including phenoxy) is 1. The van der Waals surface area contributed by atoms with Crippen LogP contribution in [0.4, 0.5) is 15.9 Å². The molecule has 28 heavy (non-hydrogen) atoms. The first-order valence-corrected chi connectivity index (χ1v) is 11.4. The van der Waals surface area contributed by atoms with Crippen molar-refractivity contribution in [2.45, 2.75) is 13.0 Å². The zero-order valence-corrected chi connectivity index (χ0v) is 16.9. The van der Waals surface area contributed by atoms with Crippen molar-refractivity contribution >= 4 is 32.1 Å². The second-order valence-electron chi connectivity index (χ2n) is 7.35. The lowest BCUT2D eigenvalue weighted by Crippen LogP contribution is -2.43. The lowest BCUT2D eigenvalue weighted by atomic mass is 10.0. The topological polar surface area (TPSA) is 70.6 Å². The second-order valence-corrected chi connectivity index (χ2v) is 9.90. The summed E-state index contributed by atoms with van der Waals surface area (Å²) in [6.07, 6.45) is 4.92. The van der Waals surface area contributed by atoms with Crippen LogP contribution in [0.25, 0.3) is 22.2 Å². The lowest BCUT2D eigenvalue weighted by Gasteiger charge is -2.35. The molecule has 1 fully saturated rings. The number of rotatable bonds is 3. The van der Waals surface area contributed by atoms with Crippen LogP contribution in [-0.4, -0.2) is 52.5 Å². The van der Waals surface area contributed by atoms with Gasteiger partial charge in [-0.15, -0.1) is 0 Å². The van der Waals surface area contributed by atoms with E-state index < -0.39 is 9.73 Å². The summed E-state index contributed by atoms with van der Waals surface area (Å²) < 4.78 is 36.3. The molecule has 6 nitrogen and oxygen atoms in total. The molecule has 1 aliphatic heterocycles. The van der Waals surface area contributed by atoms with E-state index >= 15 is 0 Å². The first-order valence-electron chi connectivity index (χ1n) is 9.11. The highest BCUT2D eigenvalue weighted by atomic mass is 32.2. The Morgan fingerprint density at radius 1 is 1.32 bits per heavy atom. The fraction of sp³-hybridized carbons (Fsp3) is 0.350. The van der Waals surface area contributed by atoms with E-state index in [1.165, 1.54) is 12.1 Å². The van der Waals surface area contributed by atoms with Gasteiger partial charge in [0.15, 0.2) is 5.82 Å². The molecule has 148 valence electrons. The van der Waals surface area contributed by atoms with Crippen LogP contribution < -0.4 is 4.90 Å². The van der Waals surface area contributed by atoms with E-state index in [-0.39, 0.29) is 11.9 Å². The standard InChI is InChI=1S/C20H23FN4O2S/c1-13-12-27-7-6-25(13)15-10-19(23-20(11-15)24-28(2,3)26)17-8-14(21)9-18-16(17)4-5-22-18/h4-5,8-11,13,22H,6-7,12H2,1-3H3/t13-/m1/s1. The summed E-state index contributed by atoms with van der Waals surface area (Å²) in [6.45, 7) is 4.09. The van der Waals surface area contributed by atoms with Gasteiger partial charge in [0.25, 0.3) is 0 Å². The molecule has 0 bridgehead atoms. The molecule has 1 N–H and O–H groups in total. The van der Waals surface area contributed by atoms with Gasteiger partial charge >= 0.3 is 0 Å². The summed E-state index contributed by atoms with van der Waals surface area (Å²) in [4.78, 5) is 9.86. The maximum absolute atomic E-state index is 14.2. The molecule has 0 spiro atoms. The quantitative estimate of drug-likeness (QED) is 0.720. The van der Waals surface area contributed by atoms with E-state index in [1.54, 1.807) is 18.7 Å². The minimum absolute atomic E-state index is 0.184. The number of halogens is 1. The molecular weight excluding hydrogens is 379 g/mol. The van der Waals surface area contributed by atoms with Gasteiger partial charge in [-0.3, -0.25) is 0 Å². The number of morpholine rings is 1. The number of aromatic nitrogens is 2. The highest BCUT2D eigenvalue weighted by Crippen LogP contribution is 2.34. The Balaban J connectivity index is 1.93. The van der Waals surface area contributed by atoms with Gasteiger partial charge in [0.1, 0.15) is 5.82 Å². The third kappa shape index (κ3) is 3.88. The Labute approximate surface area is 163 Å². The van der Waals surface area contributed by atoms with Crippen LogP contribution in [0.5, 0.6) is 0 Å². The van der Waals surface area contributed by atoms with Crippen molar-refractivity contribution in [1.82, 2.24) is 9.97 Å². The van der Waals surface area contributed by atoms with Gasteiger partial charge in [0.05, 0.1) is 18.9 Å². The largest absolute Gasteiger partial charge is 0.377 e. The molecule has 3 heterocycles. The molecule has 1 aromatic carbocycles. The lowest BCUT2D eigenvalue weighted by molar-refractivity contribution is 0.0989. The SMILES string of the molecule is C[C@@H]1COCCN1c1cc(N=S(C)(C)=O)nc(-c2cc(F)cc3[nH]ccc23)c1. The van der Waals surface area contributed by atoms with Crippen molar-refractivity contribution in [2.24, 2.45) is 4.36 Å². The van der Waals surface area contributed by atoms with Gasteiger partial charge in [-0.25, -0.2) is 13.6 Å². The summed E-state index contributed by atoms with van der Waals surface area (Å²) in [7, 11) is -2.39. The first-order chi connectivity index (χ1) is 13.3. The molecule has 0 saturated carbocycles. The number of hydrogen-bond acceptors (Lipinski definition) is 5. The van der Waals surface area contributed by atoms with Crippen LogP contribution in [0.15, 0.2) is 40.9 Å². The van der Waals surface area contributed by atoms with Crippen LogP contribution in [0.3, 0.4) is 0 Å². The molecule has 0 aliphatic carbocycles. The Hall–Kier alpha value is -2.45. The zero-order valence-electron chi connectivity index (χ0n) is 16.1. The third-order valence-corrected chi connectivity index (χ3v) is 5.35. The fourth-order valence-electron chi connectivity index (χ4n) is 3.53. The Kier molecular flexibility index (Phi) is 4.84. The molecule has 1 aliphatic rings. The van der Waals surface area contributed by atoms with Gasteiger partial charge in [0.2, 0.25) is 0 Å². The van der Waals surface area contributed by atoms with Crippen molar-refractivity contribution in [3.8, 4) is 11.3 Å². The van der Waals surface area contributed by atoms with E-state index in [0.29, 0.717) is 35.8 Å². The highest BCUT2D eigenvalue weighted by Gasteiger charge is 2.21. The van der Waals surface area contributed by atoms with Gasteiger partial charge in [0, 0.05) is 69.2 Å². The minimum atomic E-state index is -2.39. The number of fused-ring (bicyclic) bond motifs is 1. The van der Waals surface area contributed by atoms with E-state index in [2.05, 4.69) is 26.2 Å². The summed E-state index contributed by atoms with van der Waals surface area (Å²) >= 11 is 0. The van der Waals surface area contributed by atoms with Gasteiger partial charge in [-0.2, -0.15) is 4.36 Å². The van der Waals surface area contributed by atoms with Crippen LogP contribution in [-0.2, 0) is 14.5 Å². The van der Waals surface area contributed by atoms with Crippen LogP contribution in [0, 0.1) is 5.82 Å². The van der Waals surface area contributed by atoms with Crippen molar-refractivity contribution in [3.63, 3.8) is 0 Å². The van der Waals surface area contributed by atoms with Crippen molar-refractivity contribution in [3.05, 3.63) is 42.3 Å². The summed E-state index contributed by atoms with van der Waals surface area (Å²) in [5, 5.41) is 0.876. The number of anilines is 1. The van der Waals surface area contributed by atoms with E-state index in [1.807, 2.05) is 18.2 Å². The number of H-pyrrole nitrogens is 1. The zero-order chi connectivity index (χ0) is 19.9. The predicted molar refractivity (Wildman–Crippen MR) is 111 cm³/mol. The molecule has 8 heteroatoms. The van der Waals surface area contributed by atoms with E-state index in [0.717, 1.165) is 17.6 Å². The molecule has 1 atom stereocenters. The highest BCUT2D eigenvalue weighted by molar-refractivity contribution is 7.92. The Bertz CT molecular complexity index is 1140. The molecular formula is C20H23FN4O2S. The number of hydrogen-bond donors (Lipinski definition) is 1. The number of aromatic amines is 1. The van der Waals surface area contributed by atoms with Crippen molar-refractivity contribution in [2.75, 3.05) is 37.2 Å². The molecule has 1 saturated heterocycles. The predicted octanol–water partition coefficient (Wildman–Crippen LogP) is 3.95. The second kappa shape index (κ2) is 7.18. The molecule has 0 unspecified atom stereocenters. The number of nitrogens with one attached hydrogen (secondary N) is 1. The molecule has 2 aromatic heterocycles. The van der Waals surface area contributed by atoms with Gasteiger partial charge in [-0.05, 0) is 31.2 Å². The summed E-state index contributed by atoms with van der Waals surface area (Å²) in [6, 6.07) is 8.80. The van der Waals surface area contributed by atoms with Crippen LogP contribution >= 0.6 is 0 Å². The van der Waals surface area contributed by atoms with Crippen molar-refractivity contribution < 1.29 is 13.3 Å². The number of pyridine rings is 1. The Morgan fingerprint density at radius 2 is 2.14 bits per heavy atom. The monoisotopic (exact) mass is 402 g/mol. The maximum atomic E-state index is 14.2.